The molecule has 3 aliphatic heterocycles. The number of nitrogens with zero attached hydrogens (tertiary/aromatic N) is 3. The number of piperidine rings is 1. The van der Waals surface area contributed by atoms with Gasteiger partial charge in [-0.15, -0.1) is 0 Å². The molecule has 0 bridgehead atoms. The molecule has 0 radical (unpaired) electrons. The van der Waals surface area contributed by atoms with Crippen LogP contribution in [0.4, 0.5) is 5.69 Å². The molecular weight excluding hydrogens is 350 g/mol. The van der Waals surface area contributed by atoms with Gasteiger partial charge in [0.1, 0.15) is 0 Å². The second kappa shape index (κ2) is 8.02. The fourth-order valence-electron chi connectivity index (χ4n) is 4.99. The van der Waals surface area contributed by atoms with Gasteiger partial charge in [-0.3, -0.25) is 9.79 Å². The quantitative estimate of drug-likeness (QED) is 0.617. The van der Waals surface area contributed by atoms with Gasteiger partial charge in [0.2, 0.25) is 5.91 Å². The maximum atomic E-state index is 11.8. The number of rotatable bonds is 4. The van der Waals surface area contributed by atoms with E-state index < -0.39 is 0 Å². The zero-order valence-corrected chi connectivity index (χ0v) is 17.2. The molecule has 152 valence electrons. The molecule has 3 heterocycles. The average molecular weight is 384 g/mol. The molecular formula is C22H33N5O. The first kappa shape index (κ1) is 19.1. The number of guanidine groups is 1. The Kier molecular flexibility index (Phi) is 5.47. The molecule has 1 spiro atoms. The van der Waals surface area contributed by atoms with Crippen molar-refractivity contribution in [2.75, 3.05) is 44.2 Å². The smallest absolute Gasteiger partial charge is 0.220 e. The van der Waals surface area contributed by atoms with Crippen molar-refractivity contribution in [2.24, 2.45) is 10.4 Å². The summed E-state index contributed by atoms with van der Waals surface area (Å²) < 4.78 is 0. The molecule has 1 amide bonds. The Bertz CT molecular complexity index is 748. The second-order valence-electron chi connectivity index (χ2n) is 8.59. The minimum absolute atomic E-state index is 0.0883. The molecule has 28 heavy (non-hydrogen) atoms. The van der Waals surface area contributed by atoms with Crippen LogP contribution in [0.1, 0.15) is 38.7 Å². The fourth-order valence-corrected chi connectivity index (χ4v) is 4.99. The number of benzene rings is 1. The van der Waals surface area contributed by atoms with E-state index in [0.717, 1.165) is 64.5 Å². The molecule has 0 aliphatic carbocycles. The lowest BCUT2D eigenvalue weighted by Crippen LogP contribution is -2.51. The maximum Gasteiger partial charge on any atom is 0.220 e. The number of carbonyl (C=O) groups excluding carboxylic acids is 1. The summed E-state index contributed by atoms with van der Waals surface area (Å²) in [5, 5.41) is 6.52. The van der Waals surface area contributed by atoms with Gasteiger partial charge in [0.05, 0.1) is 6.54 Å². The fraction of sp³-hybridized carbons (Fsp3) is 0.636. The van der Waals surface area contributed by atoms with Gasteiger partial charge in [0.25, 0.3) is 0 Å². The third-order valence-electron chi connectivity index (χ3n) is 6.45. The second-order valence-corrected chi connectivity index (χ2v) is 8.59. The standard InChI is InChI=1S/C22H33N5O/c1-3-23-21(26-11-6-10-22(16-26)13-20(28)25-15-22)24-14-17(2)27-12-9-18-7-4-5-8-19(18)27/h4-5,7-8,17H,3,6,9-16H2,1-2H3,(H,23,24)(H,25,28). The normalized spacial score (nSPS) is 25.8. The van der Waals surface area contributed by atoms with E-state index in [2.05, 4.69) is 58.5 Å². The lowest BCUT2D eigenvalue weighted by Gasteiger charge is -2.41. The summed E-state index contributed by atoms with van der Waals surface area (Å²) in [6.45, 7) is 9.84. The third kappa shape index (κ3) is 3.82. The first-order valence-electron chi connectivity index (χ1n) is 10.7. The highest BCUT2D eigenvalue weighted by atomic mass is 16.1. The molecule has 1 aromatic carbocycles. The summed E-state index contributed by atoms with van der Waals surface area (Å²) in [6.07, 6.45) is 4.03. The molecule has 3 aliphatic rings. The number of carbonyl (C=O) groups is 1. The monoisotopic (exact) mass is 383 g/mol. The first-order chi connectivity index (χ1) is 13.6. The topological polar surface area (TPSA) is 60.0 Å². The predicted octanol–water partition coefficient (Wildman–Crippen LogP) is 2.01. The summed E-state index contributed by atoms with van der Waals surface area (Å²) in [5.41, 5.74) is 2.90. The van der Waals surface area contributed by atoms with E-state index in [1.54, 1.807) is 0 Å². The number of likely N-dealkylation sites (tertiary alicyclic amines) is 1. The Morgan fingerprint density at radius 1 is 1.36 bits per heavy atom. The van der Waals surface area contributed by atoms with Gasteiger partial charge in [-0.2, -0.15) is 0 Å². The molecule has 0 saturated carbocycles. The molecule has 2 atom stereocenters. The van der Waals surface area contributed by atoms with Gasteiger partial charge in [-0.25, -0.2) is 0 Å². The van der Waals surface area contributed by atoms with Crippen LogP contribution < -0.4 is 15.5 Å². The molecule has 2 unspecified atom stereocenters. The van der Waals surface area contributed by atoms with E-state index in [9.17, 15) is 4.79 Å². The molecule has 6 nitrogen and oxygen atoms in total. The van der Waals surface area contributed by atoms with Crippen LogP contribution in [0.15, 0.2) is 29.3 Å². The number of nitrogens with one attached hydrogen (secondary N) is 2. The predicted molar refractivity (Wildman–Crippen MR) is 114 cm³/mol. The van der Waals surface area contributed by atoms with Crippen LogP contribution in [0.2, 0.25) is 0 Å². The first-order valence-corrected chi connectivity index (χ1v) is 10.7. The molecule has 6 heteroatoms. The maximum absolute atomic E-state index is 11.8. The number of fused-ring (bicyclic) bond motifs is 1. The lowest BCUT2D eigenvalue weighted by atomic mass is 9.79. The number of amides is 1. The third-order valence-corrected chi connectivity index (χ3v) is 6.45. The molecule has 2 fully saturated rings. The Morgan fingerprint density at radius 3 is 3.00 bits per heavy atom. The van der Waals surface area contributed by atoms with Gasteiger partial charge in [-0.1, -0.05) is 18.2 Å². The van der Waals surface area contributed by atoms with Gasteiger partial charge >= 0.3 is 0 Å². The summed E-state index contributed by atoms with van der Waals surface area (Å²) >= 11 is 0. The minimum atomic E-state index is 0.0883. The van der Waals surface area contributed by atoms with E-state index in [-0.39, 0.29) is 11.3 Å². The summed E-state index contributed by atoms with van der Waals surface area (Å²) in [6, 6.07) is 9.09. The number of hydrogen-bond donors (Lipinski definition) is 2. The van der Waals surface area contributed by atoms with Crippen LogP contribution in [0.25, 0.3) is 0 Å². The van der Waals surface area contributed by atoms with Crippen molar-refractivity contribution in [3.63, 3.8) is 0 Å². The van der Waals surface area contributed by atoms with Gasteiger partial charge in [0.15, 0.2) is 5.96 Å². The Hall–Kier alpha value is -2.24. The van der Waals surface area contributed by atoms with Crippen molar-refractivity contribution < 1.29 is 4.79 Å². The van der Waals surface area contributed by atoms with Gasteiger partial charge in [0, 0.05) is 56.3 Å². The van der Waals surface area contributed by atoms with E-state index in [1.807, 2.05) is 0 Å². The highest BCUT2D eigenvalue weighted by Gasteiger charge is 2.42. The summed E-state index contributed by atoms with van der Waals surface area (Å²) in [7, 11) is 0. The zero-order chi connectivity index (χ0) is 19.6. The van der Waals surface area contributed by atoms with Crippen molar-refractivity contribution in [1.29, 1.82) is 0 Å². The number of anilines is 1. The van der Waals surface area contributed by atoms with E-state index in [4.69, 9.17) is 4.99 Å². The number of para-hydroxylation sites is 1. The van der Waals surface area contributed by atoms with Crippen LogP contribution in [-0.2, 0) is 11.2 Å². The largest absolute Gasteiger partial charge is 0.366 e. The van der Waals surface area contributed by atoms with Crippen molar-refractivity contribution in [2.45, 2.75) is 45.6 Å². The van der Waals surface area contributed by atoms with Crippen molar-refractivity contribution in [3.05, 3.63) is 29.8 Å². The van der Waals surface area contributed by atoms with Crippen molar-refractivity contribution >= 4 is 17.6 Å². The summed E-state index contributed by atoms with van der Waals surface area (Å²) in [5.74, 6) is 1.20. The van der Waals surface area contributed by atoms with Gasteiger partial charge < -0.3 is 20.4 Å². The molecule has 0 aromatic heterocycles. The highest BCUT2D eigenvalue weighted by Crippen LogP contribution is 2.36. The lowest BCUT2D eigenvalue weighted by molar-refractivity contribution is -0.119. The number of aliphatic imine (C=N–C) groups is 1. The average Bonchev–Trinajstić information content (AvgIpc) is 3.28. The summed E-state index contributed by atoms with van der Waals surface area (Å²) in [4.78, 5) is 21.7. The van der Waals surface area contributed by atoms with Crippen molar-refractivity contribution in [3.8, 4) is 0 Å². The van der Waals surface area contributed by atoms with Crippen LogP contribution in [0, 0.1) is 5.41 Å². The van der Waals surface area contributed by atoms with E-state index in [0.29, 0.717) is 12.5 Å². The van der Waals surface area contributed by atoms with Crippen LogP contribution in [0.5, 0.6) is 0 Å². The minimum Gasteiger partial charge on any atom is -0.366 e. The Morgan fingerprint density at radius 2 is 2.21 bits per heavy atom. The zero-order valence-electron chi connectivity index (χ0n) is 17.2. The van der Waals surface area contributed by atoms with Crippen LogP contribution in [0.3, 0.4) is 0 Å². The molecule has 4 rings (SSSR count). The SMILES string of the molecule is CCNC(=NCC(C)N1CCc2ccccc21)N1CCCC2(CNC(=O)C2)C1. The molecule has 1 aromatic rings. The molecule has 2 saturated heterocycles. The Labute approximate surface area is 168 Å². The number of hydrogen-bond acceptors (Lipinski definition) is 3. The van der Waals surface area contributed by atoms with Crippen LogP contribution >= 0.6 is 0 Å². The van der Waals surface area contributed by atoms with Crippen LogP contribution in [-0.4, -0.2) is 62.1 Å². The van der Waals surface area contributed by atoms with E-state index >= 15 is 0 Å². The molecule has 2 N–H and O–H groups in total. The van der Waals surface area contributed by atoms with E-state index in [1.165, 1.54) is 11.3 Å². The Balaban J connectivity index is 1.44. The van der Waals surface area contributed by atoms with Crippen molar-refractivity contribution in [1.82, 2.24) is 15.5 Å². The van der Waals surface area contributed by atoms with Gasteiger partial charge in [-0.05, 0) is 44.7 Å². The highest BCUT2D eigenvalue weighted by molar-refractivity contribution is 5.82.